The Labute approximate surface area is 169 Å². The minimum Gasteiger partial charge on any atom is -0.461 e. The first-order chi connectivity index (χ1) is 13.1. The van der Waals surface area contributed by atoms with Crippen molar-refractivity contribution in [2.24, 2.45) is 0 Å². The van der Waals surface area contributed by atoms with Crippen molar-refractivity contribution < 1.29 is 9.53 Å². The minimum absolute atomic E-state index is 0.165. The molecule has 0 amide bonds. The molecular formula is C24H47NO2. The van der Waals surface area contributed by atoms with Crippen molar-refractivity contribution in [3.05, 3.63) is 11.6 Å². The van der Waals surface area contributed by atoms with E-state index < -0.39 is 0 Å². The third-order valence-electron chi connectivity index (χ3n) is 5.10. The fourth-order valence-electron chi connectivity index (χ4n) is 3.18. The van der Waals surface area contributed by atoms with Gasteiger partial charge in [-0.1, -0.05) is 96.5 Å². The van der Waals surface area contributed by atoms with Crippen LogP contribution in [0.5, 0.6) is 0 Å². The van der Waals surface area contributed by atoms with Gasteiger partial charge < -0.3 is 9.64 Å². The highest BCUT2D eigenvalue weighted by atomic mass is 16.5. The predicted molar refractivity (Wildman–Crippen MR) is 118 cm³/mol. The number of carbonyl (C=O) groups excluding carboxylic acids is 1. The van der Waals surface area contributed by atoms with E-state index in [1.54, 1.807) is 0 Å². The maximum absolute atomic E-state index is 11.8. The first kappa shape index (κ1) is 26.2. The van der Waals surface area contributed by atoms with Gasteiger partial charge in [0.15, 0.2) is 0 Å². The maximum atomic E-state index is 11.8. The van der Waals surface area contributed by atoms with Crippen LogP contribution in [0.3, 0.4) is 0 Å². The van der Waals surface area contributed by atoms with Gasteiger partial charge in [0.25, 0.3) is 0 Å². The first-order valence-corrected chi connectivity index (χ1v) is 11.6. The van der Waals surface area contributed by atoms with Gasteiger partial charge in [-0.05, 0) is 33.9 Å². The fourth-order valence-corrected chi connectivity index (χ4v) is 3.18. The molecule has 0 aromatic rings. The van der Waals surface area contributed by atoms with E-state index in [1.165, 1.54) is 89.9 Å². The summed E-state index contributed by atoms with van der Waals surface area (Å²) in [5.41, 5.74) is 0.753. The molecule has 0 fully saturated rings. The first-order valence-electron chi connectivity index (χ1n) is 11.6. The van der Waals surface area contributed by atoms with Gasteiger partial charge in [-0.15, -0.1) is 0 Å². The molecule has 0 radical (unpaired) electrons. The average molecular weight is 382 g/mol. The number of carbonyl (C=O) groups is 1. The van der Waals surface area contributed by atoms with Crippen LogP contribution < -0.4 is 0 Å². The van der Waals surface area contributed by atoms with E-state index in [1.807, 2.05) is 32.0 Å². The third kappa shape index (κ3) is 19.7. The smallest absolute Gasteiger partial charge is 0.333 e. The van der Waals surface area contributed by atoms with Crippen LogP contribution in [0.25, 0.3) is 0 Å². The van der Waals surface area contributed by atoms with Crippen LogP contribution >= 0.6 is 0 Å². The highest BCUT2D eigenvalue weighted by Gasteiger charge is 2.05. The summed E-state index contributed by atoms with van der Waals surface area (Å²) in [4.78, 5) is 13.8. The van der Waals surface area contributed by atoms with Crippen LogP contribution in [0.1, 0.15) is 110 Å². The third-order valence-corrected chi connectivity index (χ3v) is 5.10. The molecule has 0 unspecified atom stereocenters. The molecule has 0 rings (SSSR count). The minimum atomic E-state index is -0.165. The largest absolute Gasteiger partial charge is 0.461 e. The summed E-state index contributed by atoms with van der Waals surface area (Å²) in [6, 6.07) is 0. The lowest BCUT2D eigenvalue weighted by atomic mass is 10.0. The second-order valence-electron chi connectivity index (χ2n) is 8.21. The lowest BCUT2D eigenvalue weighted by Gasteiger charge is -2.10. The Balaban J connectivity index is 3.35. The van der Waals surface area contributed by atoms with Gasteiger partial charge in [0.1, 0.15) is 6.61 Å². The SMILES string of the molecule is CCCCCCCCCCCCCCCCC=C(C)C(=O)OCCN(C)C. The zero-order valence-electron chi connectivity index (χ0n) is 18.9. The number of esters is 1. The monoisotopic (exact) mass is 381 g/mol. The number of unbranched alkanes of at least 4 members (excludes halogenated alkanes) is 14. The van der Waals surface area contributed by atoms with Crippen molar-refractivity contribution in [1.29, 1.82) is 0 Å². The zero-order valence-corrected chi connectivity index (χ0v) is 18.9. The van der Waals surface area contributed by atoms with Crippen LogP contribution in [-0.2, 0) is 9.53 Å². The summed E-state index contributed by atoms with van der Waals surface area (Å²) in [5.74, 6) is -0.165. The Morgan fingerprint density at radius 3 is 1.67 bits per heavy atom. The molecule has 0 aromatic heterocycles. The Kier molecular flexibility index (Phi) is 19.3. The van der Waals surface area contributed by atoms with Crippen LogP contribution in [0, 0.1) is 0 Å². The van der Waals surface area contributed by atoms with E-state index >= 15 is 0 Å². The van der Waals surface area contributed by atoms with E-state index in [2.05, 4.69) is 6.92 Å². The van der Waals surface area contributed by atoms with E-state index in [0.29, 0.717) is 6.61 Å². The molecule has 0 aliphatic rings. The fraction of sp³-hybridized carbons (Fsp3) is 0.875. The van der Waals surface area contributed by atoms with Crippen molar-refractivity contribution in [3.8, 4) is 0 Å². The molecule has 160 valence electrons. The Morgan fingerprint density at radius 2 is 1.22 bits per heavy atom. The topological polar surface area (TPSA) is 29.5 Å². The zero-order chi connectivity index (χ0) is 20.2. The summed E-state index contributed by atoms with van der Waals surface area (Å²) >= 11 is 0. The van der Waals surface area contributed by atoms with Crippen molar-refractivity contribution in [1.82, 2.24) is 4.90 Å². The molecular weight excluding hydrogens is 334 g/mol. The second kappa shape index (κ2) is 19.9. The lowest BCUT2D eigenvalue weighted by Crippen LogP contribution is -2.20. The molecule has 0 N–H and O–H groups in total. The van der Waals surface area contributed by atoms with Crippen LogP contribution in [-0.4, -0.2) is 38.1 Å². The van der Waals surface area contributed by atoms with Gasteiger partial charge >= 0.3 is 5.97 Å². The number of hydrogen-bond acceptors (Lipinski definition) is 3. The number of likely N-dealkylation sites (N-methyl/N-ethyl adjacent to an activating group) is 1. The summed E-state index contributed by atoms with van der Waals surface area (Å²) in [6.45, 7) is 5.39. The maximum Gasteiger partial charge on any atom is 0.333 e. The van der Waals surface area contributed by atoms with Crippen LogP contribution in [0.15, 0.2) is 11.6 Å². The van der Waals surface area contributed by atoms with Crippen molar-refractivity contribution in [2.75, 3.05) is 27.2 Å². The lowest BCUT2D eigenvalue weighted by molar-refractivity contribution is -0.139. The summed E-state index contributed by atoms with van der Waals surface area (Å²) in [5, 5.41) is 0. The second-order valence-corrected chi connectivity index (χ2v) is 8.21. The molecule has 0 aromatic carbocycles. The van der Waals surface area contributed by atoms with Crippen molar-refractivity contribution in [2.45, 2.75) is 110 Å². The van der Waals surface area contributed by atoms with Gasteiger partial charge in [0.2, 0.25) is 0 Å². The molecule has 0 saturated heterocycles. The van der Waals surface area contributed by atoms with E-state index in [9.17, 15) is 4.79 Å². The molecule has 3 nitrogen and oxygen atoms in total. The summed E-state index contributed by atoms with van der Waals surface area (Å²) in [7, 11) is 3.96. The predicted octanol–water partition coefficient (Wildman–Crippen LogP) is 6.91. The van der Waals surface area contributed by atoms with Gasteiger partial charge in [-0.3, -0.25) is 0 Å². The van der Waals surface area contributed by atoms with Crippen LogP contribution in [0.4, 0.5) is 0 Å². The number of rotatable bonds is 19. The Bertz CT molecular complexity index is 363. The molecule has 0 aliphatic heterocycles. The summed E-state index contributed by atoms with van der Waals surface area (Å²) in [6.07, 6.45) is 22.4. The highest BCUT2D eigenvalue weighted by molar-refractivity contribution is 5.87. The molecule has 27 heavy (non-hydrogen) atoms. The number of hydrogen-bond donors (Lipinski definition) is 0. The van der Waals surface area contributed by atoms with Gasteiger partial charge in [-0.25, -0.2) is 4.79 Å². The van der Waals surface area contributed by atoms with Crippen molar-refractivity contribution >= 4 is 5.97 Å². The van der Waals surface area contributed by atoms with Gasteiger partial charge in [0, 0.05) is 12.1 Å². The van der Waals surface area contributed by atoms with E-state index in [4.69, 9.17) is 4.74 Å². The van der Waals surface area contributed by atoms with E-state index in [-0.39, 0.29) is 5.97 Å². The molecule has 3 heteroatoms. The van der Waals surface area contributed by atoms with E-state index in [0.717, 1.165) is 18.5 Å². The Hall–Kier alpha value is -0.830. The molecule has 0 saturated carbocycles. The molecule has 0 atom stereocenters. The number of allylic oxidation sites excluding steroid dienone is 1. The molecule has 0 spiro atoms. The highest BCUT2D eigenvalue weighted by Crippen LogP contribution is 2.13. The molecule has 0 heterocycles. The number of nitrogens with zero attached hydrogens (tertiary/aromatic N) is 1. The Morgan fingerprint density at radius 1 is 0.778 bits per heavy atom. The number of ether oxygens (including phenoxy) is 1. The van der Waals surface area contributed by atoms with Crippen molar-refractivity contribution in [3.63, 3.8) is 0 Å². The standard InChI is InChI=1S/C24H47NO2/c1-5-6-7-8-9-10-11-12-13-14-15-16-17-18-19-20-23(2)24(26)27-22-21-25(3)4/h20H,5-19,21-22H2,1-4H3. The van der Waals surface area contributed by atoms with Gasteiger partial charge in [-0.2, -0.15) is 0 Å². The quantitative estimate of drug-likeness (QED) is 0.138. The average Bonchev–Trinajstić information content (AvgIpc) is 2.64. The summed E-state index contributed by atoms with van der Waals surface area (Å²) < 4.78 is 5.24. The van der Waals surface area contributed by atoms with Crippen LogP contribution in [0.2, 0.25) is 0 Å². The van der Waals surface area contributed by atoms with Gasteiger partial charge in [0.05, 0.1) is 0 Å². The molecule has 0 aliphatic carbocycles. The normalized spacial score (nSPS) is 12.0. The molecule has 0 bridgehead atoms.